The standard InChI is InChI=1S/C13H10N2O2S/c1-2-6-17-12(16)7-11-9-18-13(15-11)10-4-3-5-14-8-10/h1,3-5,8-9H,6-7H2. The Morgan fingerprint density at radius 3 is 3.17 bits per heavy atom. The minimum atomic E-state index is -0.365. The van der Waals surface area contributed by atoms with Gasteiger partial charge in [0, 0.05) is 23.3 Å². The van der Waals surface area contributed by atoms with Crippen molar-refractivity contribution < 1.29 is 9.53 Å². The molecular formula is C13H10N2O2S. The maximum Gasteiger partial charge on any atom is 0.312 e. The molecule has 18 heavy (non-hydrogen) atoms. The first-order valence-electron chi connectivity index (χ1n) is 5.23. The van der Waals surface area contributed by atoms with Crippen molar-refractivity contribution in [2.75, 3.05) is 6.61 Å². The van der Waals surface area contributed by atoms with E-state index in [1.807, 2.05) is 17.5 Å². The van der Waals surface area contributed by atoms with Crippen LogP contribution in [0.15, 0.2) is 29.9 Å². The molecule has 2 heterocycles. The van der Waals surface area contributed by atoms with Crippen LogP contribution in [-0.4, -0.2) is 22.5 Å². The molecule has 4 nitrogen and oxygen atoms in total. The van der Waals surface area contributed by atoms with E-state index in [2.05, 4.69) is 15.9 Å². The number of esters is 1. The number of hydrogen-bond donors (Lipinski definition) is 0. The van der Waals surface area contributed by atoms with Gasteiger partial charge in [-0.2, -0.15) is 0 Å². The maximum absolute atomic E-state index is 11.4. The van der Waals surface area contributed by atoms with Crippen molar-refractivity contribution in [3.05, 3.63) is 35.6 Å². The van der Waals surface area contributed by atoms with Gasteiger partial charge in [-0.25, -0.2) is 4.98 Å². The van der Waals surface area contributed by atoms with Crippen LogP contribution < -0.4 is 0 Å². The molecule has 0 atom stereocenters. The average molecular weight is 258 g/mol. The Kier molecular flexibility index (Phi) is 4.05. The van der Waals surface area contributed by atoms with Gasteiger partial charge < -0.3 is 4.74 Å². The van der Waals surface area contributed by atoms with Gasteiger partial charge in [0.15, 0.2) is 6.61 Å². The average Bonchev–Trinajstić information content (AvgIpc) is 2.86. The molecule has 0 saturated heterocycles. The predicted molar refractivity (Wildman–Crippen MR) is 68.8 cm³/mol. The van der Waals surface area contributed by atoms with E-state index in [0.29, 0.717) is 5.69 Å². The second-order valence-electron chi connectivity index (χ2n) is 3.43. The van der Waals surface area contributed by atoms with Gasteiger partial charge in [-0.1, -0.05) is 5.92 Å². The summed E-state index contributed by atoms with van der Waals surface area (Å²) in [6.07, 6.45) is 8.58. The molecule has 5 heteroatoms. The highest BCUT2D eigenvalue weighted by Gasteiger charge is 2.09. The Labute approximate surface area is 109 Å². The Hall–Kier alpha value is -2.19. The Morgan fingerprint density at radius 1 is 1.56 bits per heavy atom. The molecular weight excluding hydrogens is 248 g/mol. The van der Waals surface area contributed by atoms with Gasteiger partial charge >= 0.3 is 5.97 Å². The predicted octanol–water partition coefficient (Wildman–Crippen LogP) is 1.92. The van der Waals surface area contributed by atoms with E-state index in [4.69, 9.17) is 11.2 Å². The largest absolute Gasteiger partial charge is 0.452 e. The van der Waals surface area contributed by atoms with Crippen molar-refractivity contribution in [1.29, 1.82) is 0 Å². The first-order chi connectivity index (χ1) is 8.79. The Balaban J connectivity index is 2.03. The minimum absolute atomic E-state index is 0.00155. The molecule has 0 saturated carbocycles. The number of pyridine rings is 1. The Bertz CT molecular complexity index is 572. The molecule has 0 fully saturated rings. The number of nitrogens with zero attached hydrogens (tertiary/aromatic N) is 2. The van der Waals surface area contributed by atoms with Crippen LogP contribution in [0.25, 0.3) is 10.6 Å². The van der Waals surface area contributed by atoms with Gasteiger partial charge in [-0.3, -0.25) is 9.78 Å². The number of rotatable bonds is 4. The molecule has 0 aliphatic heterocycles. The highest BCUT2D eigenvalue weighted by atomic mass is 32.1. The lowest BCUT2D eigenvalue weighted by atomic mass is 10.3. The minimum Gasteiger partial charge on any atom is -0.452 e. The second kappa shape index (κ2) is 5.94. The van der Waals surface area contributed by atoms with Gasteiger partial charge in [0.05, 0.1) is 12.1 Å². The van der Waals surface area contributed by atoms with Crippen molar-refractivity contribution in [3.8, 4) is 22.9 Å². The summed E-state index contributed by atoms with van der Waals surface area (Å²) in [6.45, 7) is -0.00155. The zero-order chi connectivity index (χ0) is 12.8. The van der Waals surface area contributed by atoms with E-state index in [-0.39, 0.29) is 19.0 Å². The zero-order valence-electron chi connectivity index (χ0n) is 9.50. The number of hydrogen-bond acceptors (Lipinski definition) is 5. The molecule has 0 N–H and O–H groups in total. The van der Waals surface area contributed by atoms with Crippen LogP contribution in [0.1, 0.15) is 5.69 Å². The summed E-state index contributed by atoms with van der Waals surface area (Å²) in [7, 11) is 0. The van der Waals surface area contributed by atoms with Gasteiger partial charge in [0.2, 0.25) is 0 Å². The summed E-state index contributed by atoms with van der Waals surface area (Å²) >= 11 is 1.47. The Morgan fingerprint density at radius 2 is 2.44 bits per heavy atom. The zero-order valence-corrected chi connectivity index (χ0v) is 10.3. The monoisotopic (exact) mass is 258 g/mol. The van der Waals surface area contributed by atoms with E-state index in [9.17, 15) is 4.79 Å². The van der Waals surface area contributed by atoms with Gasteiger partial charge in [-0.15, -0.1) is 17.8 Å². The molecule has 0 aliphatic rings. The fourth-order valence-corrected chi connectivity index (χ4v) is 2.14. The molecule has 0 amide bonds. The highest BCUT2D eigenvalue weighted by Crippen LogP contribution is 2.22. The fraction of sp³-hybridized carbons (Fsp3) is 0.154. The van der Waals surface area contributed by atoms with E-state index in [0.717, 1.165) is 10.6 Å². The third-order valence-electron chi connectivity index (χ3n) is 2.10. The van der Waals surface area contributed by atoms with Crippen LogP contribution in [0, 0.1) is 12.3 Å². The van der Waals surface area contributed by atoms with Crippen molar-refractivity contribution in [3.63, 3.8) is 0 Å². The lowest BCUT2D eigenvalue weighted by Gasteiger charge is -1.97. The SMILES string of the molecule is C#CCOC(=O)Cc1csc(-c2cccnc2)n1. The number of thiazole rings is 1. The quantitative estimate of drug-likeness (QED) is 0.621. The lowest BCUT2D eigenvalue weighted by molar-refractivity contribution is -0.141. The van der Waals surface area contributed by atoms with Crippen molar-refractivity contribution >= 4 is 17.3 Å². The van der Waals surface area contributed by atoms with Gasteiger partial charge in [0.1, 0.15) is 5.01 Å². The molecule has 0 aliphatic carbocycles. The number of carbonyl (C=O) groups excluding carboxylic acids is 1. The van der Waals surface area contributed by atoms with E-state index in [1.54, 1.807) is 12.4 Å². The van der Waals surface area contributed by atoms with Crippen molar-refractivity contribution in [2.45, 2.75) is 6.42 Å². The maximum atomic E-state index is 11.4. The second-order valence-corrected chi connectivity index (χ2v) is 4.29. The molecule has 2 rings (SSSR count). The summed E-state index contributed by atoms with van der Waals surface area (Å²) in [5, 5.41) is 2.67. The number of terminal acetylenes is 1. The van der Waals surface area contributed by atoms with E-state index < -0.39 is 0 Å². The van der Waals surface area contributed by atoms with Crippen LogP contribution >= 0.6 is 11.3 Å². The summed E-state index contributed by atoms with van der Waals surface area (Å²) in [6, 6.07) is 3.77. The van der Waals surface area contributed by atoms with Crippen LogP contribution in [-0.2, 0) is 16.0 Å². The lowest BCUT2D eigenvalue weighted by Crippen LogP contribution is -2.08. The summed E-state index contributed by atoms with van der Waals surface area (Å²) < 4.78 is 4.79. The molecule has 2 aromatic rings. The van der Waals surface area contributed by atoms with Crippen molar-refractivity contribution in [2.24, 2.45) is 0 Å². The van der Waals surface area contributed by atoms with Crippen molar-refractivity contribution in [1.82, 2.24) is 9.97 Å². The third-order valence-corrected chi connectivity index (χ3v) is 3.04. The summed E-state index contributed by atoms with van der Waals surface area (Å²) in [5.41, 5.74) is 1.62. The number of carbonyl (C=O) groups is 1. The first kappa shape index (κ1) is 12.3. The smallest absolute Gasteiger partial charge is 0.312 e. The first-order valence-corrected chi connectivity index (χ1v) is 6.11. The summed E-state index contributed by atoms with van der Waals surface area (Å²) in [5.74, 6) is 1.88. The molecule has 0 spiro atoms. The number of aromatic nitrogens is 2. The molecule has 0 unspecified atom stereocenters. The van der Waals surface area contributed by atoms with Crippen LogP contribution in [0.2, 0.25) is 0 Å². The third kappa shape index (κ3) is 3.15. The highest BCUT2D eigenvalue weighted by molar-refractivity contribution is 7.13. The van der Waals surface area contributed by atoms with E-state index >= 15 is 0 Å². The van der Waals surface area contributed by atoms with Crippen LogP contribution in [0.3, 0.4) is 0 Å². The number of ether oxygens (including phenoxy) is 1. The molecule has 0 radical (unpaired) electrons. The van der Waals surface area contributed by atoms with Crippen LogP contribution in [0.4, 0.5) is 0 Å². The fourth-order valence-electron chi connectivity index (χ4n) is 1.33. The molecule has 0 bridgehead atoms. The molecule has 90 valence electrons. The summed E-state index contributed by atoms with van der Waals surface area (Å²) in [4.78, 5) is 19.7. The normalized spacial score (nSPS) is 9.72. The molecule has 2 aromatic heterocycles. The topological polar surface area (TPSA) is 52.1 Å². The van der Waals surface area contributed by atoms with Gasteiger partial charge in [-0.05, 0) is 12.1 Å². The van der Waals surface area contributed by atoms with Gasteiger partial charge in [0.25, 0.3) is 0 Å². The molecule has 0 aromatic carbocycles. The van der Waals surface area contributed by atoms with Crippen LogP contribution in [0.5, 0.6) is 0 Å². The van der Waals surface area contributed by atoms with E-state index in [1.165, 1.54) is 11.3 Å².